The first-order chi connectivity index (χ1) is 9.46. The summed E-state index contributed by atoms with van der Waals surface area (Å²) in [4.78, 5) is 0. The monoisotopic (exact) mass is 298 g/mol. The molecule has 0 spiro atoms. The van der Waals surface area contributed by atoms with Gasteiger partial charge in [0.05, 0.1) is 12.4 Å². The van der Waals surface area contributed by atoms with E-state index in [4.69, 9.17) is 4.74 Å². The fraction of sp³-hybridized carbons (Fsp3) is 0.571. The Balaban J connectivity index is 1.93. The maximum Gasteiger partial charge on any atom is 0.229 e. The van der Waals surface area contributed by atoms with Crippen LogP contribution in [0.1, 0.15) is 26.2 Å². The van der Waals surface area contributed by atoms with E-state index < -0.39 is 10.0 Å². The standard InChI is InChI=1S/C14H22N2O3S/c1-3-14-10-13(8-9-19-14)15-11-4-6-12(7-5-11)16-20(2,17)18/h4-7,13-16H,3,8-10H2,1-2H3. The van der Waals surface area contributed by atoms with Crippen LogP contribution in [0.15, 0.2) is 24.3 Å². The lowest BCUT2D eigenvalue weighted by molar-refractivity contribution is 0.00926. The summed E-state index contributed by atoms with van der Waals surface area (Å²) in [7, 11) is -3.21. The minimum atomic E-state index is -3.21. The lowest BCUT2D eigenvalue weighted by atomic mass is 10.0. The predicted molar refractivity (Wildman–Crippen MR) is 81.6 cm³/mol. The first-order valence-corrected chi connectivity index (χ1v) is 8.81. The Labute approximate surface area is 120 Å². The molecule has 5 nitrogen and oxygen atoms in total. The van der Waals surface area contributed by atoms with Gasteiger partial charge in [0.15, 0.2) is 0 Å². The van der Waals surface area contributed by atoms with E-state index in [-0.39, 0.29) is 0 Å². The van der Waals surface area contributed by atoms with Crippen LogP contribution >= 0.6 is 0 Å². The summed E-state index contributed by atoms with van der Waals surface area (Å²) in [5.74, 6) is 0. The van der Waals surface area contributed by atoms with Crippen LogP contribution in [0.4, 0.5) is 11.4 Å². The van der Waals surface area contributed by atoms with E-state index in [1.54, 1.807) is 12.1 Å². The molecule has 112 valence electrons. The molecular weight excluding hydrogens is 276 g/mol. The van der Waals surface area contributed by atoms with E-state index in [2.05, 4.69) is 17.0 Å². The summed E-state index contributed by atoms with van der Waals surface area (Å²) in [6, 6.07) is 7.73. The van der Waals surface area contributed by atoms with Crippen molar-refractivity contribution in [1.82, 2.24) is 0 Å². The van der Waals surface area contributed by atoms with E-state index in [1.165, 1.54) is 0 Å². The van der Waals surface area contributed by atoms with Crippen molar-refractivity contribution in [2.24, 2.45) is 0 Å². The molecule has 1 saturated heterocycles. The minimum Gasteiger partial charge on any atom is -0.382 e. The van der Waals surface area contributed by atoms with Crippen LogP contribution in [0.25, 0.3) is 0 Å². The number of hydrogen-bond donors (Lipinski definition) is 2. The van der Waals surface area contributed by atoms with Gasteiger partial charge in [-0.3, -0.25) is 4.72 Å². The van der Waals surface area contributed by atoms with Crippen molar-refractivity contribution in [3.63, 3.8) is 0 Å². The highest BCUT2D eigenvalue weighted by Gasteiger charge is 2.20. The molecule has 0 saturated carbocycles. The average Bonchev–Trinajstić information content (AvgIpc) is 2.40. The Morgan fingerprint density at radius 3 is 2.50 bits per heavy atom. The number of sulfonamides is 1. The van der Waals surface area contributed by atoms with Crippen LogP contribution < -0.4 is 10.0 Å². The van der Waals surface area contributed by atoms with Gasteiger partial charge in [0, 0.05) is 24.0 Å². The van der Waals surface area contributed by atoms with Crippen LogP contribution in [-0.4, -0.2) is 33.4 Å². The van der Waals surface area contributed by atoms with E-state index in [0.717, 1.165) is 37.8 Å². The molecule has 1 heterocycles. The molecule has 1 fully saturated rings. The van der Waals surface area contributed by atoms with Gasteiger partial charge in [-0.2, -0.15) is 0 Å². The van der Waals surface area contributed by atoms with Crippen molar-refractivity contribution in [2.75, 3.05) is 22.9 Å². The summed E-state index contributed by atoms with van der Waals surface area (Å²) in [6.07, 6.45) is 4.54. The molecule has 1 aromatic carbocycles. The van der Waals surface area contributed by atoms with E-state index in [9.17, 15) is 8.42 Å². The lowest BCUT2D eigenvalue weighted by Crippen LogP contribution is -2.33. The Morgan fingerprint density at radius 2 is 1.90 bits per heavy atom. The van der Waals surface area contributed by atoms with Crippen LogP contribution in [0.5, 0.6) is 0 Å². The fourth-order valence-electron chi connectivity index (χ4n) is 2.38. The van der Waals surface area contributed by atoms with Gasteiger partial charge in [-0.25, -0.2) is 8.42 Å². The molecule has 0 aliphatic carbocycles. The normalized spacial score (nSPS) is 23.3. The van der Waals surface area contributed by atoms with E-state index in [0.29, 0.717) is 17.8 Å². The maximum absolute atomic E-state index is 11.1. The highest BCUT2D eigenvalue weighted by molar-refractivity contribution is 7.92. The first-order valence-electron chi connectivity index (χ1n) is 6.92. The molecule has 1 aromatic rings. The molecular formula is C14H22N2O3S. The first kappa shape index (κ1) is 15.1. The number of benzene rings is 1. The van der Waals surface area contributed by atoms with Gasteiger partial charge in [-0.15, -0.1) is 0 Å². The Bertz CT molecular complexity index is 528. The summed E-state index contributed by atoms with van der Waals surface area (Å²) >= 11 is 0. The molecule has 2 N–H and O–H groups in total. The topological polar surface area (TPSA) is 67.4 Å². The van der Waals surface area contributed by atoms with Crippen LogP contribution in [0, 0.1) is 0 Å². The SMILES string of the molecule is CCC1CC(Nc2ccc(NS(C)(=O)=O)cc2)CCO1. The van der Waals surface area contributed by atoms with Gasteiger partial charge in [0.25, 0.3) is 0 Å². The van der Waals surface area contributed by atoms with Crippen molar-refractivity contribution in [1.29, 1.82) is 0 Å². The minimum absolute atomic E-state index is 0.340. The third-order valence-electron chi connectivity index (χ3n) is 3.38. The number of anilines is 2. The van der Waals surface area contributed by atoms with Crippen molar-refractivity contribution >= 4 is 21.4 Å². The highest BCUT2D eigenvalue weighted by Crippen LogP contribution is 2.21. The van der Waals surface area contributed by atoms with Crippen molar-refractivity contribution in [2.45, 2.75) is 38.3 Å². The zero-order valence-electron chi connectivity index (χ0n) is 11.9. The number of rotatable bonds is 5. The molecule has 1 aliphatic heterocycles. The summed E-state index contributed by atoms with van der Waals surface area (Å²) in [5.41, 5.74) is 1.59. The second kappa shape index (κ2) is 6.45. The van der Waals surface area contributed by atoms with E-state index in [1.807, 2.05) is 12.1 Å². The largest absolute Gasteiger partial charge is 0.382 e. The molecule has 2 rings (SSSR count). The zero-order valence-corrected chi connectivity index (χ0v) is 12.7. The van der Waals surface area contributed by atoms with Gasteiger partial charge in [0.1, 0.15) is 0 Å². The predicted octanol–water partition coefficient (Wildman–Crippen LogP) is 2.43. The molecule has 6 heteroatoms. The quantitative estimate of drug-likeness (QED) is 0.876. The summed E-state index contributed by atoms with van der Waals surface area (Å²) in [5, 5.41) is 3.48. The smallest absolute Gasteiger partial charge is 0.229 e. The van der Waals surface area contributed by atoms with Crippen LogP contribution in [0.3, 0.4) is 0 Å². The Kier molecular flexibility index (Phi) is 4.88. The molecule has 1 aliphatic rings. The van der Waals surface area contributed by atoms with Gasteiger partial charge in [0.2, 0.25) is 10.0 Å². The van der Waals surface area contributed by atoms with Gasteiger partial charge in [-0.1, -0.05) is 6.92 Å². The number of hydrogen-bond acceptors (Lipinski definition) is 4. The molecule has 0 radical (unpaired) electrons. The van der Waals surface area contributed by atoms with Crippen LogP contribution in [0.2, 0.25) is 0 Å². The van der Waals surface area contributed by atoms with E-state index >= 15 is 0 Å². The van der Waals surface area contributed by atoms with Gasteiger partial charge < -0.3 is 10.1 Å². The number of ether oxygens (including phenoxy) is 1. The number of nitrogens with one attached hydrogen (secondary N) is 2. The molecule has 2 atom stereocenters. The van der Waals surface area contributed by atoms with Crippen LogP contribution in [-0.2, 0) is 14.8 Å². The Morgan fingerprint density at radius 1 is 1.25 bits per heavy atom. The summed E-state index contributed by atoms with van der Waals surface area (Å²) < 4.78 is 30.4. The third kappa shape index (κ3) is 4.68. The molecule has 2 unspecified atom stereocenters. The second-order valence-electron chi connectivity index (χ2n) is 5.22. The van der Waals surface area contributed by atoms with Crippen molar-refractivity contribution in [3.8, 4) is 0 Å². The molecule has 0 bridgehead atoms. The lowest BCUT2D eigenvalue weighted by Gasteiger charge is -2.30. The zero-order chi connectivity index (χ0) is 14.6. The van der Waals surface area contributed by atoms with Crippen molar-refractivity contribution < 1.29 is 13.2 Å². The third-order valence-corrected chi connectivity index (χ3v) is 3.99. The molecule has 20 heavy (non-hydrogen) atoms. The Hall–Kier alpha value is -1.27. The second-order valence-corrected chi connectivity index (χ2v) is 6.97. The highest BCUT2D eigenvalue weighted by atomic mass is 32.2. The maximum atomic E-state index is 11.1. The molecule has 0 aromatic heterocycles. The van der Waals surface area contributed by atoms with Gasteiger partial charge in [-0.05, 0) is 43.5 Å². The fourth-order valence-corrected chi connectivity index (χ4v) is 2.94. The van der Waals surface area contributed by atoms with Crippen molar-refractivity contribution in [3.05, 3.63) is 24.3 Å². The average molecular weight is 298 g/mol. The summed E-state index contributed by atoms with van der Waals surface area (Å²) in [6.45, 7) is 2.93. The van der Waals surface area contributed by atoms with Gasteiger partial charge >= 0.3 is 0 Å². The molecule has 0 amide bonds.